The van der Waals surface area contributed by atoms with Gasteiger partial charge in [0.1, 0.15) is 0 Å². The third kappa shape index (κ3) is 2.52. The number of rotatable bonds is 1. The maximum absolute atomic E-state index is 13.2. The van der Waals surface area contributed by atoms with Gasteiger partial charge in [0.05, 0.1) is 0 Å². The molecule has 5 heteroatoms. The molecular formula is C22H23N3O2. The fourth-order valence-corrected chi connectivity index (χ4v) is 4.84. The molecule has 2 bridgehead atoms. The van der Waals surface area contributed by atoms with E-state index in [1.165, 1.54) is 5.56 Å². The summed E-state index contributed by atoms with van der Waals surface area (Å²) >= 11 is 0. The minimum absolute atomic E-state index is 0.0748. The third-order valence-electron chi connectivity index (χ3n) is 6.32. The lowest BCUT2D eigenvalue weighted by atomic mass is 9.83. The number of piperidine rings is 1. The summed E-state index contributed by atoms with van der Waals surface area (Å²) in [5.41, 5.74) is 5.31. The number of pyridine rings is 1. The lowest BCUT2D eigenvalue weighted by Crippen LogP contribution is -2.49. The van der Waals surface area contributed by atoms with Crippen LogP contribution in [0.3, 0.4) is 0 Å². The van der Waals surface area contributed by atoms with Crippen molar-refractivity contribution < 1.29 is 4.79 Å². The highest BCUT2D eigenvalue weighted by molar-refractivity contribution is 5.99. The van der Waals surface area contributed by atoms with Crippen molar-refractivity contribution in [2.45, 2.75) is 32.7 Å². The molecule has 5 rings (SSSR count). The molecule has 0 spiro atoms. The summed E-state index contributed by atoms with van der Waals surface area (Å²) in [7, 11) is 0. The van der Waals surface area contributed by atoms with Gasteiger partial charge in [-0.2, -0.15) is 0 Å². The first-order valence-corrected chi connectivity index (χ1v) is 9.59. The van der Waals surface area contributed by atoms with Gasteiger partial charge in [0, 0.05) is 59.5 Å². The van der Waals surface area contributed by atoms with E-state index in [0.717, 1.165) is 40.8 Å². The van der Waals surface area contributed by atoms with Crippen LogP contribution < -0.4 is 5.56 Å². The number of nitrogens with zero attached hydrogens (tertiary/aromatic N) is 2. The summed E-state index contributed by atoms with van der Waals surface area (Å²) in [5, 5.41) is 1.12. The first-order valence-electron chi connectivity index (χ1n) is 9.59. The number of amides is 1. The molecule has 1 fully saturated rings. The summed E-state index contributed by atoms with van der Waals surface area (Å²) < 4.78 is 1.90. The Balaban J connectivity index is 1.47. The van der Waals surface area contributed by atoms with Crippen LogP contribution in [0.25, 0.3) is 10.9 Å². The zero-order valence-corrected chi connectivity index (χ0v) is 15.7. The standard InChI is InChI=1S/C22H23N3O2/c1-13-14(2)23-19-7-6-16(9-18(13)19)22(27)24-10-15-8-17(12-24)20-4-3-5-21(26)25(20)11-15/h3-7,9,15,17,23H,8,10-12H2,1-2H3/t15-,17+/m0/s1. The highest BCUT2D eigenvalue weighted by Gasteiger charge is 2.36. The van der Waals surface area contributed by atoms with Crippen LogP contribution in [0, 0.1) is 19.8 Å². The SMILES string of the molecule is Cc1[nH]c2ccc(C(=O)N3C[C@@H]4C[C@H](C3)c3cccc(=O)n3C4)cc2c1C. The average Bonchev–Trinajstić information content (AvgIpc) is 2.95. The van der Waals surface area contributed by atoms with E-state index in [9.17, 15) is 9.59 Å². The fourth-order valence-electron chi connectivity index (χ4n) is 4.84. The Morgan fingerprint density at radius 1 is 1.11 bits per heavy atom. The van der Waals surface area contributed by atoms with Gasteiger partial charge in [-0.3, -0.25) is 9.59 Å². The van der Waals surface area contributed by atoms with Crippen molar-refractivity contribution in [3.8, 4) is 0 Å². The number of carbonyl (C=O) groups is 1. The van der Waals surface area contributed by atoms with Gasteiger partial charge in [-0.05, 0) is 56.0 Å². The Morgan fingerprint density at radius 2 is 1.96 bits per heavy atom. The highest BCUT2D eigenvalue weighted by atomic mass is 16.2. The molecule has 1 amide bonds. The zero-order valence-electron chi connectivity index (χ0n) is 15.7. The molecule has 4 heterocycles. The zero-order chi connectivity index (χ0) is 18.7. The molecule has 0 aliphatic carbocycles. The van der Waals surface area contributed by atoms with Crippen molar-refractivity contribution in [3.63, 3.8) is 0 Å². The summed E-state index contributed by atoms with van der Waals surface area (Å²) in [5.74, 6) is 0.687. The van der Waals surface area contributed by atoms with E-state index in [0.29, 0.717) is 19.0 Å². The van der Waals surface area contributed by atoms with Crippen molar-refractivity contribution in [1.29, 1.82) is 0 Å². The quantitative estimate of drug-likeness (QED) is 0.724. The molecule has 2 aliphatic heterocycles. The van der Waals surface area contributed by atoms with Crippen molar-refractivity contribution in [1.82, 2.24) is 14.5 Å². The van der Waals surface area contributed by atoms with Gasteiger partial charge in [-0.1, -0.05) is 6.07 Å². The number of benzene rings is 1. The van der Waals surface area contributed by atoms with Crippen LogP contribution >= 0.6 is 0 Å². The molecule has 5 nitrogen and oxygen atoms in total. The monoisotopic (exact) mass is 361 g/mol. The maximum Gasteiger partial charge on any atom is 0.253 e. The molecule has 1 N–H and O–H groups in total. The topological polar surface area (TPSA) is 58.1 Å². The molecule has 0 saturated carbocycles. The number of likely N-dealkylation sites (tertiary alicyclic amines) is 1. The fraction of sp³-hybridized carbons (Fsp3) is 0.364. The summed E-state index contributed by atoms with van der Waals surface area (Å²) in [6, 6.07) is 11.4. The average molecular weight is 361 g/mol. The number of hydrogen-bond acceptors (Lipinski definition) is 2. The minimum atomic E-state index is 0.0748. The van der Waals surface area contributed by atoms with Gasteiger partial charge in [-0.25, -0.2) is 0 Å². The Hall–Kier alpha value is -2.82. The normalized spacial score (nSPS) is 21.3. The van der Waals surface area contributed by atoms with Crippen molar-refractivity contribution >= 4 is 16.8 Å². The van der Waals surface area contributed by atoms with E-state index >= 15 is 0 Å². The molecule has 2 atom stereocenters. The van der Waals surface area contributed by atoms with Crippen LogP contribution in [-0.2, 0) is 6.54 Å². The van der Waals surface area contributed by atoms with Crippen molar-refractivity contribution in [3.05, 3.63) is 69.3 Å². The second kappa shape index (κ2) is 5.84. The number of nitrogens with one attached hydrogen (secondary N) is 1. The molecule has 2 aromatic heterocycles. The van der Waals surface area contributed by atoms with E-state index in [4.69, 9.17) is 0 Å². The lowest BCUT2D eigenvalue weighted by molar-refractivity contribution is 0.0594. The minimum Gasteiger partial charge on any atom is -0.358 e. The number of carbonyl (C=O) groups excluding carboxylic acids is 1. The Bertz CT molecular complexity index is 1120. The third-order valence-corrected chi connectivity index (χ3v) is 6.32. The number of hydrogen-bond donors (Lipinski definition) is 1. The number of H-pyrrole nitrogens is 1. The predicted octanol–water partition coefficient (Wildman–Crippen LogP) is 3.21. The molecule has 138 valence electrons. The van der Waals surface area contributed by atoms with Gasteiger partial charge >= 0.3 is 0 Å². The molecule has 27 heavy (non-hydrogen) atoms. The molecule has 1 aromatic carbocycles. The van der Waals surface area contributed by atoms with Crippen LogP contribution in [0.5, 0.6) is 0 Å². The van der Waals surface area contributed by atoms with Gasteiger partial charge in [0.2, 0.25) is 0 Å². The molecular weight excluding hydrogens is 338 g/mol. The van der Waals surface area contributed by atoms with Crippen LogP contribution in [0.1, 0.15) is 39.6 Å². The molecule has 0 unspecified atom stereocenters. The van der Waals surface area contributed by atoms with Gasteiger partial charge in [-0.15, -0.1) is 0 Å². The summed E-state index contributed by atoms with van der Waals surface area (Å²) in [6.07, 6.45) is 1.06. The van der Waals surface area contributed by atoms with Crippen molar-refractivity contribution in [2.24, 2.45) is 5.92 Å². The Morgan fingerprint density at radius 3 is 2.81 bits per heavy atom. The van der Waals surface area contributed by atoms with E-state index in [2.05, 4.69) is 18.8 Å². The number of aromatic amines is 1. The highest BCUT2D eigenvalue weighted by Crippen LogP contribution is 2.35. The summed E-state index contributed by atoms with van der Waals surface area (Å²) in [6.45, 7) is 6.26. The van der Waals surface area contributed by atoms with E-state index < -0.39 is 0 Å². The van der Waals surface area contributed by atoms with Crippen LogP contribution in [-0.4, -0.2) is 33.4 Å². The summed E-state index contributed by atoms with van der Waals surface area (Å²) in [4.78, 5) is 30.7. The second-order valence-electron chi connectivity index (χ2n) is 8.04. The smallest absolute Gasteiger partial charge is 0.253 e. The first-order chi connectivity index (χ1) is 13.0. The van der Waals surface area contributed by atoms with Crippen LogP contribution in [0.2, 0.25) is 0 Å². The van der Waals surface area contributed by atoms with E-state index in [1.54, 1.807) is 6.07 Å². The molecule has 3 aromatic rings. The van der Waals surface area contributed by atoms with Crippen LogP contribution in [0.4, 0.5) is 0 Å². The van der Waals surface area contributed by atoms with Crippen molar-refractivity contribution in [2.75, 3.05) is 13.1 Å². The van der Waals surface area contributed by atoms with Gasteiger partial charge < -0.3 is 14.5 Å². The Kier molecular flexibility index (Phi) is 3.54. The van der Waals surface area contributed by atoms with E-state index in [-0.39, 0.29) is 17.4 Å². The van der Waals surface area contributed by atoms with Gasteiger partial charge in [0.25, 0.3) is 11.5 Å². The molecule has 2 aliphatic rings. The predicted molar refractivity (Wildman–Crippen MR) is 105 cm³/mol. The second-order valence-corrected chi connectivity index (χ2v) is 8.04. The largest absolute Gasteiger partial charge is 0.358 e. The van der Waals surface area contributed by atoms with E-state index in [1.807, 2.05) is 39.8 Å². The Labute approximate surface area is 157 Å². The first kappa shape index (κ1) is 16.4. The number of aromatic nitrogens is 2. The van der Waals surface area contributed by atoms with Gasteiger partial charge in [0.15, 0.2) is 0 Å². The molecule has 1 saturated heterocycles. The lowest BCUT2D eigenvalue weighted by Gasteiger charge is -2.42. The maximum atomic E-state index is 13.2. The molecule has 0 radical (unpaired) electrons. The number of fused-ring (bicyclic) bond motifs is 5. The number of aryl methyl sites for hydroxylation is 2. The van der Waals surface area contributed by atoms with Crippen LogP contribution in [0.15, 0.2) is 41.2 Å².